The van der Waals surface area contributed by atoms with Crippen molar-refractivity contribution < 1.29 is 18.7 Å². The van der Waals surface area contributed by atoms with Gasteiger partial charge in [-0.15, -0.1) is 5.10 Å². The molecular formula is C19H18FN3O3S. The van der Waals surface area contributed by atoms with Crippen LogP contribution >= 0.6 is 11.8 Å². The summed E-state index contributed by atoms with van der Waals surface area (Å²) in [6.45, 7) is 0.330. The van der Waals surface area contributed by atoms with Crippen LogP contribution in [0, 0.1) is 5.82 Å². The first-order chi connectivity index (χ1) is 13.1. The van der Waals surface area contributed by atoms with E-state index in [1.807, 2.05) is 6.07 Å². The molecule has 0 N–H and O–H groups in total. The van der Waals surface area contributed by atoms with E-state index in [-0.39, 0.29) is 11.7 Å². The molecular weight excluding hydrogens is 369 g/mol. The van der Waals surface area contributed by atoms with Gasteiger partial charge in [-0.3, -0.25) is 9.69 Å². The molecule has 1 aliphatic heterocycles. The van der Waals surface area contributed by atoms with E-state index in [9.17, 15) is 9.18 Å². The molecule has 0 bridgehead atoms. The number of ether oxygens (including phenoxy) is 2. The van der Waals surface area contributed by atoms with Crippen LogP contribution in [0.25, 0.3) is 0 Å². The zero-order chi connectivity index (χ0) is 19.2. The summed E-state index contributed by atoms with van der Waals surface area (Å²) in [6, 6.07) is 11.4. The molecule has 6 nitrogen and oxygen atoms in total. The highest BCUT2D eigenvalue weighted by Crippen LogP contribution is 2.27. The van der Waals surface area contributed by atoms with Crippen LogP contribution in [0.3, 0.4) is 0 Å². The molecule has 0 unspecified atom stereocenters. The lowest BCUT2D eigenvalue weighted by molar-refractivity contribution is -0.124. The van der Waals surface area contributed by atoms with Crippen molar-refractivity contribution in [3.05, 3.63) is 59.4 Å². The number of benzene rings is 2. The van der Waals surface area contributed by atoms with Gasteiger partial charge in [-0.2, -0.15) is 5.10 Å². The SMILES string of the molecule is COc1ccc(/C=N\N=C2/SCC(=O)N2Cc2ccc(F)cc2)cc1OC. The maximum Gasteiger partial charge on any atom is 0.239 e. The van der Waals surface area contributed by atoms with Crippen molar-refractivity contribution in [1.29, 1.82) is 0 Å². The van der Waals surface area contributed by atoms with Crippen LogP contribution in [-0.2, 0) is 11.3 Å². The average Bonchev–Trinajstić information content (AvgIpc) is 3.03. The van der Waals surface area contributed by atoms with Crippen molar-refractivity contribution in [2.45, 2.75) is 6.54 Å². The van der Waals surface area contributed by atoms with Crippen LogP contribution in [-0.4, -0.2) is 42.2 Å². The van der Waals surface area contributed by atoms with E-state index < -0.39 is 0 Å². The lowest BCUT2D eigenvalue weighted by Gasteiger charge is -2.15. The third-order valence-corrected chi connectivity index (χ3v) is 4.82. The number of amidine groups is 1. The van der Waals surface area contributed by atoms with E-state index in [0.717, 1.165) is 11.1 Å². The molecule has 2 aromatic carbocycles. The number of carbonyl (C=O) groups excluding carboxylic acids is 1. The molecule has 3 rings (SSSR count). The van der Waals surface area contributed by atoms with Crippen LogP contribution in [0.5, 0.6) is 11.5 Å². The van der Waals surface area contributed by atoms with Gasteiger partial charge in [0.25, 0.3) is 0 Å². The summed E-state index contributed by atoms with van der Waals surface area (Å²) in [5, 5.41) is 8.77. The number of carbonyl (C=O) groups is 1. The Morgan fingerprint density at radius 1 is 1.15 bits per heavy atom. The molecule has 0 atom stereocenters. The fourth-order valence-corrected chi connectivity index (χ4v) is 3.31. The minimum absolute atomic E-state index is 0.0515. The monoisotopic (exact) mass is 387 g/mol. The highest BCUT2D eigenvalue weighted by Gasteiger charge is 2.28. The Morgan fingerprint density at radius 3 is 2.59 bits per heavy atom. The molecule has 1 amide bonds. The molecule has 0 radical (unpaired) electrons. The molecule has 27 heavy (non-hydrogen) atoms. The van der Waals surface area contributed by atoms with E-state index >= 15 is 0 Å². The van der Waals surface area contributed by atoms with E-state index in [0.29, 0.717) is 29.0 Å². The van der Waals surface area contributed by atoms with Gasteiger partial charge in [0.1, 0.15) is 5.82 Å². The third kappa shape index (κ3) is 4.65. The zero-order valence-corrected chi connectivity index (χ0v) is 15.7. The first-order valence-corrected chi connectivity index (χ1v) is 9.10. The Labute approximate surface area is 160 Å². The van der Waals surface area contributed by atoms with E-state index in [1.54, 1.807) is 49.6 Å². The number of methoxy groups -OCH3 is 2. The zero-order valence-electron chi connectivity index (χ0n) is 14.9. The second-order valence-electron chi connectivity index (χ2n) is 5.64. The van der Waals surface area contributed by atoms with E-state index in [2.05, 4.69) is 10.2 Å². The second-order valence-corrected chi connectivity index (χ2v) is 6.58. The number of hydrogen-bond acceptors (Lipinski definition) is 6. The molecule has 0 aromatic heterocycles. The van der Waals surface area contributed by atoms with Crippen molar-refractivity contribution in [1.82, 2.24) is 4.90 Å². The number of rotatable bonds is 6. The van der Waals surface area contributed by atoms with E-state index in [1.165, 1.54) is 23.9 Å². The summed E-state index contributed by atoms with van der Waals surface area (Å²) in [6.07, 6.45) is 1.58. The van der Waals surface area contributed by atoms with Gasteiger partial charge in [-0.05, 0) is 41.5 Å². The van der Waals surface area contributed by atoms with Gasteiger partial charge >= 0.3 is 0 Å². The van der Waals surface area contributed by atoms with Crippen LogP contribution in [0.15, 0.2) is 52.7 Å². The summed E-state index contributed by atoms with van der Waals surface area (Å²) in [5.74, 6) is 1.17. The fraction of sp³-hybridized carbons (Fsp3) is 0.211. The third-order valence-electron chi connectivity index (χ3n) is 3.87. The normalized spacial score (nSPS) is 15.7. The Balaban J connectivity index is 1.74. The highest BCUT2D eigenvalue weighted by atomic mass is 32.2. The molecule has 1 aliphatic rings. The van der Waals surface area contributed by atoms with Crippen molar-refractivity contribution in [2.24, 2.45) is 10.2 Å². The Hall–Kier alpha value is -2.87. The van der Waals surface area contributed by atoms with Crippen molar-refractivity contribution in [2.75, 3.05) is 20.0 Å². The summed E-state index contributed by atoms with van der Waals surface area (Å²) < 4.78 is 23.5. The van der Waals surface area contributed by atoms with Crippen LogP contribution in [0.2, 0.25) is 0 Å². The molecule has 8 heteroatoms. The maximum absolute atomic E-state index is 13.0. The fourth-order valence-electron chi connectivity index (χ4n) is 2.48. The lowest BCUT2D eigenvalue weighted by atomic mass is 10.2. The molecule has 1 fully saturated rings. The molecule has 1 saturated heterocycles. The van der Waals surface area contributed by atoms with Gasteiger partial charge in [0.15, 0.2) is 16.7 Å². The minimum atomic E-state index is -0.311. The summed E-state index contributed by atoms with van der Waals surface area (Å²) in [7, 11) is 3.13. The lowest BCUT2D eigenvalue weighted by Crippen LogP contribution is -2.28. The number of thioether (sulfide) groups is 1. The summed E-state index contributed by atoms with van der Waals surface area (Å²) in [5.41, 5.74) is 1.61. The molecule has 0 aliphatic carbocycles. The van der Waals surface area contributed by atoms with Gasteiger partial charge in [0.2, 0.25) is 5.91 Å². The largest absolute Gasteiger partial charge is 0.493 e. The second kappa shape index (κ2) is 8.68. The number of nitrogens with zero attached hydrogens (tertiary/aromatic N) is 3. The van der Waals surface area contributed by atoms with Crippen LogP contribution in [0.4, 0.5) is 4.39 Å². The maximum atomic E-state index is 13.0. The Bertz CT molecular complexity index is 884. The van der Waals surface area contributed by atoms with Crippen LogP contribution in [0.1, 0.15) is 11.1 Å². The highest BCUT2D eigenvalue weighted by molar-refractivity contribution is 8.15. The van der Waals surface area contributed by atoms with Gasteiger partial charge < -0.3 is 9.47 Å². The predicted octanol–water partition coefficient (Wildman–Crippen LogP) is 3.31. The predicted molar refractivity (Wildman–Crippen MR) is 104 cm³/mol. The van der Waals surface area contributed by atoms with Crippen molar-refractivity contribution in [3.63, 3.8) is 0 Å². The molecule has 0 spiro atoms. The minimum Gasteiger partial charge on any atom is -0.493 e. The smallest absolute Gasteiger partial charge is 0.239 e. The van der Waals surface area contributed by atoms with Gasteiger partial charge in [-0.25, -0.2) is 4.39 Å². The van der Waals surface area contributed by atoms with Crippen molar-refractivity contribution >= 4 is 29.1 Å². The Morgan fingerprint density at radius 2 is 1.89 bits per heavy atom. The molecule has 1 heterocycles. The average molecular weight is 387 g/mol. The topological polar surface area (TPSA) is 63.5 Å². The number of hydrogen-bond donors (Lipinski definition) is 0. The number of amides is 1. The molecule has 2 aromatic rings. The molecule has 0 saturated carbocycles. The van der Waals surface area contributed by atoms with Gasteiger partial charge in [0, 0.05) is 0 Å². The standard InChI is InChI=1S/C19H18FN3O3S/c1-25-16-8-5-14(9-17(16)26-2)10-21-22-19-23(18(24)12-27-19)11-13-3-6-15(20)7-4-13/h3-10H,11-12H2,1-2H3/b21-10-,22-19-. The number of halogens is 1. The summed E-state index contributed by atoms with van der Waals surface area (Å²) in [4.78, 5) is 13.7. The first-order valence-electron chi connectivity index (χ1n) is 8.11. The quantitative estimate of drug-likeness (QED) is 0.564. The van der Waals surface area contributed by atoms with Gasteiger partial charge in [-0.1, -0.05) is 23.9 Å². The Kier molecular flexibility index (Phi) is 6.08. The first kappa shape index (κ1) is 18.9. The van der Waals surface area contributed by atoms with E-state index in [4.69, 9.17) is 9.47 Å². The van der Waals surface area contributed by atoms with Crippen LogP contribution < -0.4 is 9.47 Å². The summed E-state index contributed by atoms with van der Waals surface area (Å²) >= 11 is 1.32. The molecule has 140 valence electrons. The van der Waals surface area contributed by atoms with Crippen molar-refractivity contribution in [3.8, 4) is 11.5 Å². The van der Waals surface area contributed by atoms with Gasteiger partial charge in [0.05, 0.1) is 32.7 Å².